The quantitative estimate of drug-likeness (QED) is 0.00445. The number of hydrazone groups is 2. The molecule has 2 aliphatic rings. The Morgan fingerprint density at radius 1 is 0.598 bits per heavy atom. The predicted octanol–water partition coefficient (Wildman–Crippen LogP) is 9.18. The number of anilines is 7. The van der Waals surface area contributed by atoms with Crippen LogP contribution in [0.1, 0.15) is 107 Å². The molecule has 602 valence electrons. The van der Waals surface area contributed by atoms with Crippen LogP contribution in [0, 0.1) is 5.41 Å². The predicted molar refractivity (Wildman–Crippen MR) is 453 cm³/mol. The van der Waals surface area contributed by atoms with Gasteiger partial charge in [-0.05, 0) is 218 Å². The number of ether oxygens (including phenoxy) is 4. The van der Waals surface area contributed by atoms with Crippen LogP contribution in [0.4, 0.5) is 39.8 Å². The summed E-state index contributed by atoms with van der Waals surface area (Å²) in [5, 5.41) is 34.3. The molecule has 7 aromatic rings. The molecule has 36 heteroatoms. The number of esters is 1. The molecule has 0 bridgehead atoms. The molecule has 2 amide bonds. The molecule has 0 unspecified atom stereocenters. The van der Waals surface area contributed by atoms with Crippen LogP contribution in [0.2, 0.25) is 20.1 Å². The van der Waals surface area contributed by atoms with E-state index in [0.717, 1.165) is 86.0 Å². The van der Waals surface area contributed by atoms with Gasteiger partial charge in [-0.15, -0.1) is 22.6 Å². The Morgan fingerprint density at radius 3 is 1.37 bits per heavy atom. The molecule has 7 aromatic carbocycles. The van der Waals surface area contributed by atoms with E-state index < -0.39 is 11.2 Å². The number of carbonyl (C=O) groups is 5. The van der Waals surface area contributed by atoms with E-state index in [2.05, 4.69) is 121 Å². The maximum atomic E-state index is 13.0. The number of aldehydes is 1. The second-order valence-corrected chi connectivity index (χ2v) is 28.8. The average molecular weight is 1790 g/mol. The number of nitrogens with zero attached hydrogens (tertiary/aromatic N) is 7. The van der Waals surface area contributed by atoms with Crippen molar-refractivity contribution < 1.29 is 196 Å². The Morgan fingerprint density at radius 2 is 1.01 bits per heavy atom. The number of nitrogens with one attached hydrogen (secondary N) is 2. The largest absolute Gasteiger partial charge is 1.00 e. The van der Waals surface area contributed by atoms with Gasteiger partial charge in [0.1, 0.15) is 18.4 Å². The number of halogens is 8. The van der Waals surface area contributed by atoms with Gasteiger partial charge in [0.05, 0.1) is 42.8 Å². The van der Waals surface area contributed by atoms with E-state index in [1.165, 1.54) is 15.7 Å². The fourth-order valence-electron chi connectivity index (χ4n) is 8.77. The van der Waals surface area contributed by atoms with Crippen molar-refractivity contribution in [3.05, 3.63) is 213 Å². The summed E-state index contributed by atoms with van der Waals surface area (Å²) in [5.74, 6) is 5.16. The van der Waals surface area contributed by atoms with Crippen molar-refractivity contribution in [3.8, 4) is 0 Å². The van der Waals surface area contributed by atoms with Crippen LogP contribution >= 0.6 is 97.7 Å². The minimum atomic E-state index is -3.22. The molecule has 6 N–H and O–H groups in total. The first-order valence-corrected chi connectivity index (χ1v) is 39.3. The zero-order chi connectivity index (χ0) is 80.7. The topological polar surface area (TPSA) is 324 Å². The van der Waals surface area contributed by atoms with Gasteiger partial charge in [-0.2, -0.15) is 17.1 Å². The molecule has 2 aliphatic heterocycles. The van der Waals surface area contributed by atoms with Crippen molar-refractivity contribution in [2.24, 2.45) is 16.0 Å². The number of hydrazine groups is 1. The molecule has 0 fully saturated rings. The SMILES string of the molecule is C.CCN(CC)c1ccc(C=O)c(Cl)c1.CCN(CC)c1cccc(Cl)c1.CCOC(=N)CC(=O)OCC.CCOC1=NN(c2ccccc2)C(=O)/C1=C\c1ccc(N(CC)CC)cc1Cl.CCOC1=NN(c2ccccc2)C(=O)C1.C[O-].Cl.NNc1ccccc1.Nc1cccc(Cl)c1.O=CO[O-].O=P(Cl)(Cl)Cl.[H-].[K+].[K+].[Na+]. The van der Waals surface area contributed by atoms with E-state index in [1.54, 1.807) is 44.2 Å². The van der Waals surface area contributed by atoms with Crippen LogP contribution in [0.25, 0.3) is 6.08 Å². The molecule has 0 atom stereocenters. The van der Waals surface area contributed by atoms with E-state index in [1.807, 2.05) is 159 Å². The fraction of sp³-hybridized carbons (Fsp3) is 0.316. The summed E-state index contributed by atoms with van der Waals surface area (Å²) < 4.78 is 29.7. The number of benzene rings is 7. The Labute approximate surface area is 810 Å². The molecule has 0 saturated heterocycles. The first-order valence-electron chi connectivity index (χ1n) is 33.4. The number of nitrogen functional groups attached to an aromatic ring is 2. The van der Waals surface area contributed by atoms with Gasteiger partial charge in [0.2, 0.25) is 11.8 Å². The minimum Gasteiger partial charge on any atom is -1.00 e. The third-order valence-corrected chi connectivity index (χ3v) is 14.7. The number of nitrogens with two attached hydrogens (primary N) is 2. The summed E-state index contributed by atoms with van der Waals surface area (Å²) in [7, 11) is 0.750. The second kappa shape index (κ2) is 72.2. The van der Waals surface area contributed by atoms with Crippen molar-refractivity contribution in [3.63, 3.8) is 0 Å². The van der Waals surface area contributed by atoms with E-state index in [-0.39, 0.29) is 191 Å². The van der Waals surface area contributed by atoms with Gasteiger partial charge in [-0.1, -0.05) is 127 Å². The zero-order valence-electron chi connectivity index (χ0n) is 66.1. The standard InChI is InChI=1S/C22H24ClN3O2.C11H14ClNO.C11H12N2O2.C10H14ClN.C7H13NO3.C6H6ClN.C6H8N2.CH2O3.CH3O.CH4.Cl3OP.ClH.2K.Na.H/c1-4-25(5-2)18-13-12-16(20(23)15-18)14-19-21(28-6-3)24-26(22(19)27)17-10-8-7-9-11-17;1-3-13(4-2)10-6-5-9(8-14)11(12)7-10;1-2-15-10-8-11(14)13(12-10)9-6-4-3-5-7-9;1-3-12(4-2)10-7-5-6-9(11)8-10;1-3-10-6(8)5-7(9)11-4-2;7-5-2-1-3-6(8)4-5;7-8-6-4-2-1-3-5-6;2-1-4-3;1-2;;1-5(2,3)4;;;;;/h7-15H,4-6H2,1-3H3;5-8H,3-4H2,1-2H3;3-7H,2,8H2,1H3;5-8H,3-4H2,1-2H3;8H,3-5H2,1-2H3;1-4H,8H2;1-5,8H,7H2;1,3H;1H3;1H4;;1H;;;;/q;;;;;;;;-1;;;;3*+1;-1/p-1/b19-14-;;;;;;;;;;;;;;;. The molecule has 0 aromatic heterocycles. The molecule has 0 saturated carbocycles. The number of para-hydroxylation sites is 3. The Kier molecular flexibility index (Phi) is 76.6. The van der Waals surface area contributed by atoms with Crippen LogP contribution in [0.5, 0.6) is 0 Å². The van der Waals surface area contributed by atoms with Crippen LogP contribution in [-0.4, -0.2) is 121 Å². The number of hydrogen-bond acceptors (Lipinski definition) is 22. The maximum absolute atomic E-state index is 13.0. The van der Waals surface area contributed by atoms with Crippen molar-refractivity contribution >= 4 is 192 Å². The summed E-state index contributed by atoms with van der Waals surface area (Å²) in [6, 6.07) is 54.7. The molecule has 0 spiro atoms. The molecular weight excluding hydrogens is 1690 g/mol. The molecule has 9 rings (SSSR count). The third kappa shape index (κ3) is 51.2. The Hall–Kier alpha value is -4.06. The van der Waals surface area contributed by atoms with E-state index in [4.69, 9.17) is 92.8 Å². The first-order chi connectivity index (χ1) is 51.2. The van der Waals surface area contributed by atoms with Gasteiger partial charge in [-0.3, -0.25) is 39.8 Å². The number of amides is 2. The van der Waals surface area contributed by atoms with Crippen molar-refractivity contribution in [1.82, 2.24) is 0 Å². The van der Waals surface area contributed by atoms with Gasteiger partial charge in [0.25, 0.3) is 18.3 Å². The van der Waals surface area contributed by atoms with Gasteiger partial charge in [0, 0.05) is 88.3 Å². The number of rotatable bonds is 21. The minimum absolute atomic E-state index is 0. The third-order valence-electron chi connectivity index (χ3n) is 13.5. The van der Waals surface area contributed by atoms with Crippen LogP contribution < -0.4 is 184 Å². The summed E-state index contributed by atoms with van der Waals surface area (Å²) in [6.45, 7) is 27.2. The van der Waals surface area contributed by atoms with E-state index in [9.17, 15) is 23.7 Å². The summed E-state index contributed by atoms with van der Waals surface area (Å²) in [4.78, 5) is 63.7. The van der Waals surface area contributed by atoms with E-state index in [0.29, 0.717) is 75.8 Å². The first kappa shape index (κ1) is 119. The molecule has 0 radical (unpaired) electrons. The molecule has 24 nitrogen and oxygen atoms in total. The fourth-order valence-corrected chi connectivity index (χ4v) is 9.61. The average Bonchev–Trinajstić information content (AvgIpc) is 1.68. The molecule has 0 aliphatic carbocycles. The van der Waals surface area contributed by atoms with E-state index >= 15 is 0 Å². The summed E-state index contributed by atoms with van der Waals surface area (Å²) >= 11 is 37.7. The van der Waals surface area contributed by atoms with Crippen molar-refractivity contribution in [2.75, 3.05) is 109 Å². The molecular formula is C76H101Cl8K2N11NaO13P. The smallest absolute Gasteiger partial charge is 1.00 e. The monoisotopic (exact) mass is 1790 g/mol. The number of carbonyl (C=O) groups excluding carboxylic acids is 5. The number of hydrogen-bond donors (Lipinski definition) is 4. The summed E-state index contributed by atoms with van der Waals surface area (Å²) in [5.41, 5.74) is 16.0. The van der Waals surface area contributed by atoms with Crippen LogP contribution in [0.3, 0.4) is 0 Å². The van der Waals surface area contributed by atoms with Gasteiger partial charge in [0.15, 0.2) is 12.2 Å². The van der Waals surface area contributed by atoms with Gasteiger partial charge < -0.3 is 61.5 Å². The normalized spacial score (nSPS) is 11.1. The second-order valence-electron chi connectivity index (χ2n) is 20.5. The van der Waals surface area contributed by atoms with Gasteiger partial charge >= 0.3 is 143 Å². The molecule has 2 heterocycles. The Balaban J connectivity index is -0.000000233. The Bertz CT molecular complexity index is 3840. The zero-order valence-corrected chi connectivity index (χ0v) is 80.3. The van der Waals surface area contributed by atoms with Crippen LogP contribution in [-0.2, 0) is 47.6 Å². The molecule has 112 heavy (non-hydrogen) atoms. The van der Waals surface area contributed by atoms with Crippen molar-refractivity contribution in [2.45, 2.75) is 89.5 Å². The van der Waals surface area contributed by atoms with Crippen LogP contribution in [0.15, 0.2) is 192 Å². The summed E-state index contributed by atoms with van der Waals surface area (Å²) in [6.07, 6.45) is 2.70. The van der Waals surface area contributed by atoms with Gasteiger partial charge in [-0.25, -0.2) is 0 Å². The van der Waals surface area contributed by atoms with Crippen molar-refractivity contribution in [1.29, 1.82) is 5.41 Å². The maximum Gasteiger partial charge on any atom is 1.00 e.